The molecule has 53 heavy (non-hydrogen) atoms. The first kappa shape index (κ1) is 38.6. The topological polar surface area (TPSA) is 146 Å². The van der Waals surface area contributed by atoms with Gasteiger partial charge in [0.15, 0.2) is 5.79 Å². The van der Waals surface area contributed by atoms with Crippen LogP contribution in [0.15, 0.2) is 24.3 Å². The van der Waals surface area contributed by atoms with E-state index in [-0.39, 0.29) is 110 Å². The molecule has 0 saturated carbocycles. The second-order valence-electron chi connectivity index (χ2n) is 17.5. The highest BCUT2D eigenvalue weighted by atomic mass is 16.8. The van der Waals surface area contributed by atoms with E-state index >= 15 is 0 Å². The van der Waals surface area contributed by atoms with Gasteiger partial charge in [-0.1, -0.05) is 20.1 Å². The smallest absolute Gasteiger partial charge is 0.172 e. The van der Waals surface area contributed by atoms with E-state index in [2.05, 4.69) is 27.0 Å². The number of nitrogens with two attached hydrogens (primary N) is 1. The standard InChI is InChI=1S/C41H63NO11/c1-20-13-27(46-23(4)22(20)3)7-9-31-21(2)14-29(48-31)11-12-41-18-34-37(52-41)38-39(51-34)40(53-41)36-32(50-38)10-8-28(49-36)15-25(43)16-30-24(5)47-33(35(30)45-6)17-26(44)19-42/h20,23-24,26-40,44H,2-3,7-19,42H2,1,4-6H3/t20-,23-,24+,26?,27+,28?,29?,30?,31+,32?,33-,34-,35-,36+,37?,38+,39?,40?,41+/m1/s1. The molecule has 298 valence electrons. The highest BCUT2D eigenvalue weighted by Gasteiger charge is 2.68. The number of carbonyl (C=O) groups excluding carboxylic acids is 1. The Morgan fingerprint density at radius 1 is 0.887 bits per heavy atom. The van der Waals surface area contributed by atoms with Gasteiger partial charge in [-0.15, -0.1) is 0 Å². The number of Topliss-reactive ketones (excluding diaryl/α,β-unsaturated/α-hetero) is 1. The maximum atomic E-state index is 13.5. The first-order valence-electron chi connectivity index (χ1n) is 20.5. The van der Waals surface area contributed by atoms with Crippen LogP contribution in [0.3, 0.4) is 0 Å². The van der Waals surface area contributed by atoms with Gasteiger partial charge in [-0.05, 0) is 75.9 Å². The molecule has 0 aliphatic carbocycles. The number of hydrogen-bond acceptors (Lipinski definition) is 12. The maximum absolute atomic E-state index is 13.5. The molecule has 8 unspecified atom stereocenters. The Labute approximate surface area is 314 Å². The van der Waals surface area contributed by atoms with Crippen molar-refractivity contribution in [2.45, 2.75) is 201 Å². The van der Waals surface area contributed by atoms with Crippen LogP contribution in [0.4, 0.5) is 0 Å². The van der Waals surface area contributed by atoms with E-state index < -0.39 is 11.9 Å². The number of ketones is 1. The molecule has 3 N–H and O–H groups in total. The normalized spacial score (nSPS) is 49.4. The van der Waals surface area contributed by atoms with E-state index in [1.165, 1.54) is 5.57 Å². The monoisotopic (exact) mass is 745 g/mol. The van der Waals surface area contributed by atoms with E-state index in [4.69, 9.17) is 48.4 Å². The first-order valence-corrected chi connectivity index (χ1v) is 20.5. The zero-order valence-corrected chi connectivity index (χ0v) is 32.1. The predicted molar refractivity (Wildman–Crippen MR) is 193 cm³/mol. The molecule has 0 radical (unpaired) electrons. The Kier molecular flexibility index (Phi) is 11.3. The first-order chi connectivity index (χ1) is 25.4. The van der Waals surface area contributed by atoms with Crippen LogP contribution >= 0.6 is 0 Å². The summed E-state index contributed by atoms with van der Waals surface area (Å²) in [4.78, 5) is 13.5. The van der Waals surface area contributed by atoms with Gasteiger partial charge in [-0.25, -0.2) is 0 Å². The SMILES string of the molecule is C=C1CC(CC[C@@]23C[C@H]4OC5C(O2)[C@H]2OC(CC(=O)CC6[C@H](C)O[C@H](CC(O)CN)[C@@H]6OC)CCC2O[C@H]5C4O3)O[C@H]1CC[C@H]1C[C@@H](C)C(=C)[C@@H](C)O1. The van der Waals surface area contributed by atoms with Crippen molar-refractivity contribution in [3.05, 3.63) is 24.3 Å². The summed E-state index contributed by atoms with van der Waals surface area (Å²) in [6.07, 6.45) is 5.67. The summed E-state index contributed by atoms with van der Waals surface area (Å²) < 4.78 is 58.5. The van der Waals surface area contributed by atoms with E-state index in [0.717, 1.165) is 50.5 Å². The van der Waals surface area contributed by atoms with Gasteiger partial charge in [-0.2, -0.15) is 0 Å². The number of carbonyl (C=O) groups is 1. The van der Waals surface area contributed by atoms with Gasteiger partial charge in [-0.3, -0.25) is 4.79 Å². The van der Waals surface area contributed by atoms with E-state index in [0.29, 0.717) is 38.0 Å². The molecule has 0 aromatic heterocycles. The number of hydrogen-bond donors (Lipinski definition) is 2. The molecule has 0 amide bonds. The van der Waals surface area contributed by atoms with E-state index in [1.54, 1.807) is 7.11 Å². The molecule has 0 aromatic rings. The molecule has 9 heterocycles. The Balaban J connectivity index is 0.857. The average molecular weight is 746 g/mol. The summed E-state index contributed by atoms with van der Waals surface area (Å²) in [5.74, 6) is -0.303. The minimum absolute atomic E-state index is 0.0409. The lowest BCUT2D eigenvalue weighted by Gasteiger charge is -2.47. The van der Waals surface area contributed by atoms with Crippen molar-refractivity contribution in [2.24, 2.45) is 17.6 Å². The summed E-state index contributed by atoms with van der Waals surface area (Å²) in [7, 11) is 1.64. The van der Waals surface area contributed by atoms with Crippen LogP contribution in [0.2, 0.25) is 0 Å². The molecule has 0 spiro atoms. The van der Waals surface area contributed by atoms with Crippen molar-refractivity contribution in [1.29, 1.82) is 0 Å². The van der Waals surface area contributed by atoms with Crippen molar-refractivity contribution in [2.75, 3.05) is 13.7 Å². The maximum Gasteiger partial charge on any atom is 0.172 e. The summed E-state index contributed by atoms with van der Waals surface area (Å²) >= 11 is 0. The molecule has 9 saturated heterocycles. The van der Waals surface area contributed by atoms with Gasteiger partial charge in [0.2, 0.25) is 0 Å². The number of methoxy groups -OCH3 is 1. The van der Waals surface area contributed by atoms with Gasteiger partial charge in [0, 0.05) is 51.7 Å². The molecule has 9 aliphatic rings. The van der Waals surface area contributed by atoms with Gasteiger partial charge < -0.3 is 53.5 Å². The second kappa shape index (κ2) is 15.6. The van der Waals surface area contributed by atoms with Crippen molar-refractivity contribution >= 4 is 5.78 Å². The van der Waals surface area contributed by atoms with Crippen LogP contribution in [0, 0.1) is 11.8 Å². The van der Waals surface area contributed by atoms with E-state index in [1.807, 2.05) is 6.92 Å². The van der Waals surface area contributed by atoms with Crippen LogP contribution < -0.4 is 5.73 Å². The van der Waals surface area contributed by atoms with Crippen molar-refractivity contribution < 1.29 is 52.5 Å². The van der Waals surface area contributed by atoms with Crippen molar-refractivity contribution in [3.8, 4) is 0 Å². The third kappa shape index (κ3) is 7.61. The molecule has 0 aromatic carbocycles. The lowest BCUT2D eigenvalue weighted by atomic mass is 9.85. The number of rotatable bonds is 14. The lowest BCUT2D eigenvalue weighted by Crippen LogP contribution is -2.61. The molecule has 9 aliphatic heterocycles. The minimum Gasteiger partial charge on any atom is -0.392 e. The molecule has 6 bridgehead atoms. The van der Waals surface area contributed by atoms with Crippen LogP contribution in [-0.2, 0) is 47.4 Å². The van der Waals surface area contributed by atoms with E-state index in [9.17, 15) is 9.90 Å². The highest BCUT2D eigenvalue weighted by Crippen LogP contribution is 2.54. The van der Waals surface area contributed by atoms with Crippen LogP contribution in [-0.4, -0.2) is 128 Å². The summed E-state index contributed by atoms with van der Waals surface area (Å²) in [6, 6.07) is 0. The average Bonchev–Trinajstić information content (AvgIpc) is 3.80. The zero-order chi connectivity index (χ0) is 37.2. The quantitative estimate of drug-likeness (QED) is 0.247. The molecule has 9 fully saturated rings. The molecule has 12 heteroatoms. The van der Waals surface area contributed by atoms with Crippen LogP contribution in [0.1, 0.15) is 97.8 Å². The van der Waals surface area contributed by atoms with Crippen molar-refractivity contribution in [3.63, 3.8) is 0 Å². The lowest BCUT2D eigenvalue weighted by molar-refractivity contribution is -0.292. The Hall–Kier alpha value is -1.29. The van der Waals surface area contributed by atoms with Gasteiger partial charge in [0.1, 0.15) is 36.3 Å². The molecular weight excluding hydrogens is 682 g/mol. The zero-order valence-electron chi connectivity index (χ0n) is 32.1. The fraction of sp³-hybridized carbons (Fsp3) is 0.878. The highest BCUT2D eigenvalue weighted by molar-refractivity contribution is 5.79. The number of aliphatic hydroxyl groups is 1. The molecular formula is C41H63NO11. The number of aliphatic hydroxyl groups excluding tert-OH is 1. The Morgan fingerprint density at radius 2 is 1.66 bits per heavy atom. The van der Waals surface area contributed by atoms with Gasteiger partial charge in [0.05, 0.1) is 67.1 Å². The fourth-order valence-corrected chi connectivity index (χ4v) is 10.9. The van der Waals surface area contributed by atoms with Crippen molar-refractivity contribution in [1.82, 2.24) is 0 Å². The summed E-state index contributed by atoms with van der Waals surface area (Å²) in [6.45, 7) is 15.1. The minimum atomic E-state index is -0.789. The number of fused-ring (bicyclic) bond motifs is 1. The summed E-state index contributed by atoms with van der Waals surface area (Å²) in [5.41, 5.74) is 7.99. The molecule has 19 atom stereocenters. The Morgan fingerprint density at radius 3 is 2.43 bits per heavy atom. The van der Waals surface area contributed by atoms with Gasteiger partial charge >= 0.3 is 0 Å². The fourth-order valence-electron chi connectivity index (χ4n) is 10.9. The third-order valence-electron chi connectivity index (χ3n) is 13.8. The Bertz CT molecular complexity index is 1350. The molecule has 9 rings (SSSR count). The predicted octanol–water partition coefficient (Wildman–Crippen LogP) is 4.07. The number of ether oxygens (including phenoxy) is 9. The van der Waals surface area contributed by atoms with Gasteiger partial charge in [0.25, 0.3) is 0 Å². The third-order valence-corrected chi connectivity index (χ3v) is 13.8. The summed E-state index contributed by atoms with van der Waals surface area (Å²) in [5, 5.41) is 10.1. The largest absolute Gasteiger partial charge is 0.392 e. The molecule has 12 nitrogen and oxygen atoms in total. The van der Waals surface area contributed by atoms with Crippen LogP contribution in [0.5, 0.6) is 0 Å². The van der Waals surface area contributed by atoms with Crippen LogP contribution in [0.25, 0.3) is 0 Å². The second-order valence-corrected chi connectivity index (χ2v) is 17.5.